The van der Waals surface area contributed by atoms with E-state index >= 15 is 0 Å². The van der Waals surface area contributed by atoms with Gasteiger partial charge in [0, 0.05) is 6.04 Å². The Bertz CT molecular complexity index is 431. The summed E-state index contributed by atoms with van der Waals surface area (Å²) >= 11 is 0. The van der Waals surface area contributed by atoms with Crippen molar-refractivity contribution in [2.75, 3.05) is 7.05 Å². The average Bonchev–Trinajstić information content (AvgIpc) is 3.02. The van der Waals surface area contributed by atoms with Gasteiger partial charge in [-0.2, -0.15) is 0 Å². The van der Waals surface area contributed by atoms with Crippen LogP contribution in [0.3, 0.4) is 0 Å². The Labute approximate surface area is 115 Å². The van der Waals surface area contributed by atoms with Gasteiger partial charge in [0.15, 0.2) is 0 Å². The highest BCUT2D eigenvalue weighted by Crippen LogP contribution is 2.49. The predicted molar refractivity (Wildman–Crippen MR) is 76.5 cm³/mol. The van der Waals surface area contributed by atoms with Crippen LogP contribution in [-0.4, -0.2) is 13.1 Å². The first-order chi connectivity index (χ1) is 9.26. The topological polar surface area (TPSA) is 12.0 Å². The van der Waals surface area contributed by atoms with Crippen molar-refractivity contribution in [2.24, 2.45) is 17.8 Å². The van der Waals surface area contributed by atoms with E-state index in [-0.39, 0.29) is 5.82 Å². The van der Waals surface area contributed by atoms with Gasteiger partial charge < -0.3 is 5.32 Å². The van der Waals surface area contributed by atoms with E-state index in [9.17, 15) is 4.39 Å². The fourth-order valence-corrected chi connectivity index (χ4v) is 4.26. The molecule has 2 heteroatoms. The summed E-state index contributed by atoms with van der Waals surface area (Å²) in [6.07, 6.45) is 7.80. The summed E-state index contributed by atoms with van der Waals surface area (Å²) in [5.74, 6) is 2.78. The Morgan fingerprint density at radius 1 is 1.26 bits per heavy atom. The highest BCUT2D eigenvalue weighted by molar-refractivity contribution is 5.18. The molecule has 19 heavy (non-hydrogen) atoms. The van der Waals surface area contributed by atoms with Gasteiger partial charge in [0.25, 0.3) is 0 Å². The molecular formula is C17H24FN. The maximum absolute atomic E-state index is 13.7. The van der Waals surface area contributed by atoms with Gasteiger partial charge >= 0.3 is 0 Å². The molecule has 0 spiro atoms. The number of fused-ring (bicyclic) bond motifs is 2. The fraction of sp³-hybridized carbons (Fsp3) is 0.647. The zero-order chi connectivity index (χ0) is 13.2. The Hall–Kier alpha value is -0.890. The lowest BCUT2D eigenvalue weighted by molar-refractivity contribution is 0.281. The number of hydrogen-bond donors (Lipinski definition) is 1. The first kappa shape index (κ1) is 13.1. The minimum atomic E-state index is -0.0595. The van der Waals surface area contributed by atoms with E-state index in [2.05, 4.69) is 5.32 Å². The largest absolute Gasteiger partial charge is 0.317 e. The molecule has 4 unspecified atom stereocenters. The molecule has 2 bridgehead atoms. The molecule has 0 aliphatic heterocycles. The van der Waals surface area contributed by atoms with Crippen molar-refractivity contribution in [2.45, 2.75) is 44.6 Å². The first-order valence-corrected chi connectivity index (χ1v) is 7.67. The molecule has 0 saturated heterocycles. The molecule has 1 aromatic rings. The van der Waals surface area contributed by atoms with E-state index < -0.39 is 0 Å². The number of likely N-dealkylation sites (N-methyl/N-ethyl adjacent to an activating group) is 1. The second-order valence-electron chi connectivity index (χ2n) is 6.45. The van der Waals surface area contributed by atoms with Crippen LogP contribution in [0.2, 0.25) is 0 Å². The lowest BCUT2D eigenvalue weighted by Gasteiger charge is -2.26. The van der Waals surface area contributed by atoms with Gasteiger partial charge in [0.2, 0.25) is 0 Å². The van der Waals surface area contributed by atoms with Crippen molar-refractivity contribution >= 4 is 0 Å². The minimum Gasteiger partial charge on any atom is -0.317 e. The van der Waals surface area contributed by atoms with Crippen molar-refractivity contribution in [3.8, 4) is 0 Å². The summed E-state index contributed by atoms with van der Waals surface area (Å²) in [6, 6.07) is 7.60. The van der Waals surface area contributed by atoms with Crippen LogP contribution in [0.4, 0.5) is 4.39 Å². The monoisotopic (exact) mass is 261 g/mol. The number of nitrogens with one attached hydrogen (secondary N) is 1. The first-order valence-electron chi connectivity index (χ1n) is 7.67. The number of halogens is 1. The molecule has 0 amide bonds. The summed E-state index contributed by atoms with van der Waals surface area (Å²) in [6.45, 7) is 0. The zero-order valence-corrected chi connectivity index (χ0v) is 11.7. The highest BCUT2D eigenvalue weighted by atomic mass is 19.1. The van der Waals surface area contributed by atoms with Gasteiger partial charge in [0.05, 0.1) is 0 Å². The van der Waals surface area contributed by atoms with Crippen LogP contribution in [-0.2, 0) is 6.42 Å². The van der Waals surface area contributed by atoms with Gasteiger partial charge in [-0.3, -0.25) is 0 Å². The highest BCUT2D eigenvalue weighted by Gasteiger charge is 2.39. The van der Waals surface area contributed by atoms with E-state index in [0.29, 0.717) is 6.04 Å². The van der Waals surface area contributed by atoms with Crippen LogP contribution in [0.5, 0.6) is 0 Å². The Morgan fingerprint density at radius 2 is 2.11 bits per heavy atom. The summed E-state index contributed by atoms with van der Waals surface area (Å²) in [4.78, 5) is 0. The van der Waals surface area contributed by atoms with Crippen LogP contribution in [0.15, 0.2) is 24.3 Å². The van der Waals surface area contributed by atoms with Crippen molar-refractivity contribution in [1.82, 2.24) is 5.32 Å². The van der Waals surface area contributed by atoms with Crippen LogP contribution in [0.25, 0.3) is 0 Å². The molecule has 0 radical (unpaired) electrons. The quantitative estimate of drug-likeness (QED) is 0.850. The van der Waals surface area contributed by atoms with Gasteiger partial charge in [-0.25, -0.2) is 4.39 Å². The van der Waals surface area contributed by atoms with Gasteiger partial charge in [-0.05, 0) is 68.5 Å². The van der Waals surface area contributed by atoms with Crippen LogP contribution < -0.4 is 5.32 Å². The molecule has 2 aliphatic rings. The standard InChI is InChI=1S/C17H24FN/c1-19-16(10-14-4-2-3-5-17(14)18)11-15-9-12-6-7-13(15)8-12/h2-5,12-13,15-16,19H,6-11H2,1H3. The van der Waals surface area contributed by atoms with E-state index in [0.717, 1.165) is 29.7 Å². The second-order valence-corrected chi connectivity index (χ2v) is 6.45. The summed E-state index contributed by atoms with van der Waals surface area (Å²) in [5, 5.41) is 3.40. The number of benzene rings is 1. The zero-order valence-electron chi connectivity index (χ0n) is 11.7. The van der Waals surface area contributed by atoms with Crippen LogP contribution in [0.1, 0.15) is 37.7 Å². The molecule has 2 aliphatic carbocycles. The molecule has 4 atom stereocenters. The molecule has 0 heterocycles. The molecule has 2 fully saturated rings. The van der Waals surface area contributed by atoms with Gasteiger partial charge in [-0.1, -0.05) is 24.6 Å². The van der Waals surface area contributed by atoms with E-state index in [1.54, 1.807) is 12.1 Å². The summed E-state index contributed by atoms with van der Waals surface area (Å²) in [7, 11) is 2.01. The van der Waals surface area contributed by atoms with Crippen molar-refractivity contribution in [3.05, 3.63) is 35.6 Å². The van der Waals surface area contributed by atoms with Crippen LogP contribution >= 0.6 is 0 Å². The summed E-state index contributed by atoms with van der Waals surface area (Å²) in [5.41, 5.74) is 0.852. The number of hydrogen-bond acceptors (Lipinski definition) is 1. The number of rotatable bonds is 5. The third kappa shape index (κ3) is 2.84. The van der Waals surface area contributed by atoms with E-state index in [4.69, 9.17) is 0 Å². The Balaban J connectivity index is 1.60. The molecular weight excluding hydrogens is 237 g/mol. The molecule has 104 valence electrons. The third-order valence-electron chi connectivity index (χ3n) is 5.30. The summed E-state index contributed by atoms with van der Waals surface area (Å²) < 4.78 is 13.7. The third-order valence-corrected chi connectivity index (χ3v) is 5.30. The molecule has 1 aromatic carbocycles. The fourth-order valence-electron chi connectivity index (χ4n) is 4.26. The smallest absolute Gasteiger partial charge is 0.126 e. The molecule has 2 saturated carbocycles. The molecule has 0 aromatic heterocycles. The van der Waals surface area contributed by atoms with Gasteiger partial charge in [0.1, 0.15) is 5.82 Å². The Morgan fingerprint density at radius 3 is 2.74 bits per heavy atom. The molecule has 1 N–H and O–H groups in total. The molecule has 1 nitrogen and oxygen atoms in total. The van der Waals surface area contributed by atoms with Crippen LogP contribution in [0, 0.1) is 23.6 Å². The lowest BCUT2D eigenvalue weighted by Crippen LogP contribution is -2.31. The van der Waals surface area contributed by atoms with Gasteiger partial charge in [-0.15, -0.1) is 0 Å². The molecule has 3 rings (SSSR count). The minimum absolute atomic E-state index is 0.0595. The Kier molecular flexibility index (Phi) is 3.88. The van der Waals surface area contributed by atoms with Crippen molar-refractivity contribution in [1.29, 1.82) is 0 Å². The SMILES string of the molecule is CNC(Cc1ccccc1F)CC1CC2CCC1C2. The van der Waals surface area contributed by atoms with E-state index in [1.165, 1.54) is 32.1 Å². The maximum Gasteiger partial charge on any atom is 0.126 e. The second kappa shape index (κ2) is 5.62. The maximum atomic E-state index is 13.7. The lowest BCUT2D eigenvalue weighted by atomic mass is 9.83. The predicted octanol–water partition coefficient (Wildman–Crippen LogP) is 3.78. The van der Waals surface area contributed by atoms with Crippen molar-refractivity contribution < 1.29 is 4.39 Å². The van der Waals surface area contributed by atoms with Crippen molar-refractivity contribution in [3.63, 3.8) is 0 Å². The van der Waals surface area contributed by atoms with E-state index in [1.807, 2.05) is 19.2 Å². The average molecular weight is 261 g/mol. The normalized spacial score (nSPS) is 30.7.